The summed E-state index contributed by atoms with van der Waals surface area (Å²) in [6, 6.07) is 2.88. The number of imidazole rings is 2. The molecule has 1 aliphatic rings. The zero-order valence-corrected chi connectivity index (χ0v) is 32.3. The van der Waals surface area contributed by atoms with E-state index < -0.39 is 69.5 Å². The van der Waals surface area contributed by atoms with E-state index in [0.29, 0.717) is 24.9 Å². The van der Waals surface area contributed by atoms with Gasteiger partial charge in [-0.1, -0.05) is 31.2 Å². The minimum Gasteiger partial charge on any atom is -0.480 e. The number of nitrogens with zero attached hydrogens (tertiary/aromatic N) is 7. The molecule has 4 heterocycles. The number of pyridine rings is 1. The molecule has 0 spiro atoms. The van der Waals surface area contributed by atoms with E-state index >= 15 is 8.78 Å². The molecule has 0 saturated carbocycles. The Hall–Kier alpha value is -3.90. The van der Waals surface area contributed by atoms with Crippen LogP contribution >= 0.6 is 11.6 Å². The quantitative estimate of drug-likeness (QED) is 0.120. The summed E-state index contributed by atoms with van der Waals surface area (Å²) in [6.45, 7) is 12.6. The Morgan fingerprint density at radius 3 is 2.55 bits per heavy atom. The van der Waals surface area contributed by atoms with Crippen molar-refractivity contribution in [3.8, 4) is 17.4 Å². The molecule has 0 aliphatic carbocycles. The molecule has 0 bridgehead atoms. The molecule has 0 N–H and O–H groups in total. The summed E-state index contributed by atoms with van der Waals surface area (Å²) in [4.78, 5) is 27.7. The van der Waals surface area contributed by atoms with Gasteiger partial charge in [0, 0.05) is 51.9 Å². The molecule has 0 saturated heterocycles. The summed E-state index contributed by atoms with van der Waals surface area (Å²) in [5, 5.41) is -0.0878. The third-order valence-electron chi connectivity index (χ3n) is 8.12. The van der Waals surface area contributed by atoms with Crippen molar-refractivity contribution >= 4 is 41.5 Å². The fourth-order valence-electron chi connectivity index (χ4n) is 5.57. The van der Waals surface area contributed by atoms with E-state index in [1.165, 1.54) is 27.9 Å². The van der Waals surface area contributed by atoms with Gasteiger partial charge in [-0.15, -0.1) is 0 Å². The van der Waals surface area contributed by atoms with Gasteiger partial charge in [0.25, 0.3) is 10.0 Å². The first-order chi connectivity index (χ1) is 23.8. The van der Waals surface area contributed by atoms with Gasteiger partial charge in [0.1, 0.15) is 29.5 Å². The number of ether oxygens (including phenoxy) is 3. The fraction of sp³-hybridized carbons (Fsp3) is 0.455. The molecule has 51 heavy (non-hydrogen) atoms. The van der Waals surface area contributed by atoms with Crippen LogP contribution in [0.15, 0.2) is 48.0 Å². The number of likely N-dealkylation sites (N-methyl/N-ethyl adjacent to an activating group) is 1. The highest BCUT2D eigenvalue weighted by Crippen LogP contribution is 2.40. The van der Waals surface area contributed by atoms with Crippen LogP contribution in [-0.4, -0.2) is 77.9 Å². The lowest BCUT2D eigenvalue weighted by atomic mass is 10.0. The molecule has 1 unspecified atom stereocenters. The number of fused-ring (bicyclic) bond motifs is 1. The lowest BCUT2D eigenvalue weighted by molar-refractivity contribution is 0.0607. The van der Waals surface area contributed by atoms with Crippen molar-refractivity contribution in [3.05, 3.63) is 71.0 Å². The number of carbonyl (C=O) groups is 1. The minimum atomic E-state index is -5.00. The first-order valence-electron chi connectivity index (χ1n) is 16.1. The maximum Gasteiger partial charge on any atom is 0.429 e. The number of anilines is 1. The SMILES string of the molecule is COc1ncc(Cl)cc1S(=O)(=O)N(C(=O)OC(C)(C)C)c1ccc(F)c(C2Cn3cnc(-c4nccn4COCC[Si](C)(C)C)c3CN2C)c1F. The van der Waals surface area contributed by atoms with Crippen LogP contribution in [0.3, 0.4) is 0 Å². The number of halogens is 3. The number of amides is 1. The number of carbonyl (C=O) groups excluding carboxylic acids is 1. The molecular formula is C33H42ClF2N7O6SSi. The molecule has 1 amide bonds. The molecular weight excluding hydrogens is 724 g/mol. The van der Waals surface area contributed by atoms with Gasteiger partial charge >= 0.3 is 6.09 Å². The molecule has 3 aromatic heterocycles. The van der Waals surface area contributed by atoms with Crippen LogP contribution in [-0.2, 0) is 39.3 Å². The largest absolute Gasteiger partial charge is 0.480 e. The van der Waals surface area contributed by atoms with Crippen molar-refractivity contribution in [2.45, 2.75) is 82.8 Å². The van der Waals surface area contributed by atoms with Gasteiger partial charge in [0.05, 0.1) is 30.2 Å². The number of hydrogen-bond acceptors (Lipinski definition) is 10. The second kappa shape index (κ2) is 14.6. The number of rotatable bonds is 11. The molecule has 1 aliphatic heterocycles. The first kappa shape index (κ1) is 38.3. The minimum absolute atomic E-state index is 0.0504. The molecule has 18 heteroatoms. The van der Waals surface area contributed by atoms with Crippen molar-refractivity contribution in [3.63, 3.8) is 0 Å². The molecule has 5 rings (SSSR count). The van der Waals surface area contributed by atoms with Gasteiger partial charge in [0.15, 0.2) is 16.5 Å². The summed E-state index contributed by atoms with van der Waals surface area (Å²) in [7, 11) is -3.40. The topological polar surface area (TPSA) is 134 Å². The second-order valence-corrected chi connectivity index (χ2v) is 22.2. The monoisotopic (exact) mass is 765 g/mol. The number of sulfonamides is 1. The zero-order chi connectivity index (χ0) is 37.5. The lowest BCUT2D eigenvalue weighted by Crippen LogP contribution is -2.42. The molecule has 1 aromatic carbocycles. The van der Waals surface area contributed by atoms with Crippen molar-refractivity contribution < 1.29 is 36.2 Å². The van der Waals surface area contributed by atoms with Crippen LogP contribution in [0.4, 0.5) is 19.3 Å². The van der Waals surface area contributed by atoms with Crippen LogP contribution in [0, 0.1) is 11.6 Å². The van der Waals surface area contributed by atoms with Crippen molar-refractivity contribution in [1.29, 1.82) is 0 Å². The maximum absolute atomic E-state index is 16.8. The first-order valence-corrected chi connectivity index (χ1v) is 21.6. The highest BCUT2D eigenvalue weighted by molar-refractivity contribution is 7.93. The Morgan fingerprint density at radius 2 is 1.88 bits per heavy atom. The number of aromatic nitrogens is 5. The van der Waals surface area contributed by atoms with Gasteiger partial charge in [-0.2, -0.15) is 4.31 Å². The predicted molar refractivity (Wildman–Crippen MR) is 190 cm³/mol. The number of hydrogen-bond donors (Lipinski definition) is 0. The molecule has 13 nitrogen and oxygen atoms in total. The van der Waals surface area contributed by atoms with E-state index in [9.17, 15) is 13.2 Å². The summed E-state index contributed by atoms with van der Waals surface area (Å²) in [5.41, 5.74) is -1.04. The maximum atomic E-state index is 16.8. The Labute approximate surface area is 302 Å². The standard InChI is InChI=1S/C33H42ClF2N7O6SSi/c1-33(2,3)49-32(44)43(50(45,46)26-15-21(34)16-38-31(26)47-5)23-10-9-22(35)27(28(23)36)24-18-42-19-39-29(25(42)17-40(24)4)30-37-11-12-41(30)20-48-13-14-51(6,7)8/h9-12,15-16,19,24H,13-14,17-18,20H2,1-8H3. The Morgan fingerprint density at radius 1 is 1.16 bits per heavy atom. The van der Waals surface area contributed by atoms with Gasteiger partial charge in [-0.25, -0.2) is 36.9 Å². The highest BCUT2D eigenvalue weighted by atomic mass is 35.5. The molecule has 276 valence electrons. The normalized spacial score (nSPS) is 15.5. The molecule has 1 atom stereocenters. The Bertz CT molecular complexity index is 2030. The van der Waals surface area contributed by atoms with Gasteiger partial charge in [-0.05, 0) is 52.1 Å². The van der Waals surface area contributed by atoms with Crippen LogP contribution < -0.4 is 9.04 Å². The van der Waals surface area contributed by atoms with E-state index in [4.69, 9.17) is 25.8 Å². The van der Waals surface area contributed by atoms with Crippen molar-refractivity contribution in [1.82, 2.24) is 29.0 Å². The summed E-state index contributed by atoms with van der Waals surface area (Å²) < 4.78 is 81.2. The Kier molecular flexibility index (Phi) is 11.0. The molecule has 4 aromatic rings. The van der Waals surface area contributed by atoms with Gasteiger partial charge < -0.3 is 23.3 Å². The average Bonchev–Trinajstić information content (AvgIpc) is 3.65. The highest BCUT2D eigenvalue weighted by Gasteiger charge is 2.41. The van der Waals surface area contributed by atoms with E-state index in [1.54, 1.807) is 35.2 Å². The smallest absolute Gasteiger partial charge is 0.429 e. The number of methoxy groups -OCH3 is 1. The van der Waals surface area contributed by atoms with E-state index in [2.05, 4.69) is 34.6 Å². The van der Waals surface area contributed by atoms with Crippen LogP contribution in [0.5, 0.6) is 5.88 Å². The summed E-state index contributed by atoms with van der Waals surface area (Å²) in [5.74, 6) is -2.02. The van der Waals surface area contributed by atoms with Crippen LogP contribution in [0.1, 0.15) is 38.1 Å². The van der Waals surface area contributed by atoms with E-state index in [-0.39, 0.29) is 22.4 Å². The van der Waals surface area contributed by atoms with Crippen LogP contribution in [0.25, 0.3) is 11.5 Å². The van der Waals surface area contributed by atoms with Gasteiger partial charge in [0.2, 0.25) is 5.88 Å². The zero-order valence-electron chi connectivity index (χ0n) is 29.8. The summed E-state index contributed by atoms with van der Waals surface area (Å²) >= 11 is 6.07. The Balaban J connectivity index is 1.52. The van der Waals surface area contributed by atoms with E-state index in [0.717, 1.165) is 36.1 Å². The second-order valence-electron chi connectivity index (χ2n) is 14.4. The molecule has 0 fully saturated rings. The van der Waals surface area contributed by atoms with Crippen LogP contribution in [0.2, 0.25) is 30.7 Å². The predicted octanol–water partition coefficient (Wildman–Crippen LogP) is 6.71. The average molecular weight is 766 g/mol. The van der Waals surface area contributed by atoms with Crippen molar-refractivity contribution in [2.75, 3.05) is 25.1 Å². The van der Waals surface area contributed by atoms with E-state index in [1.807, 2.05) is 4.57 Å². The fourth-order valence-corrected chi connectivity index (χ4v) is 8.01. The third-order valence-corrected chi connectivity index (χ3v) is 11.7. The summed E-state index contributed by atoms with van der Waals surface area (Å²) in [6.07, 6.45) is 4.76. The molecule has 0 radical (unpaired) electrons. The number of benzene rings is 1. The van der Waals surface area contributed by atoms with Crippen molar-refractivity contribution in [2.24, 2.45) is 0 Å². The van der Waals surface area contributed by atoms with Gasteiger partial charge in [-0.3, -0.25) is 4.90 Å². The third kappa shape index (κ3) is 8.27. The lowest BCUT2D eigenvalue weighted by Gasteiger charge is -2.35.